The van der Waals surface area contributed by atoms with Gasteiger partial charge in [0.25, 0.3) is 0 Å². The fourth-order valence-corrected chi connectivity index (χ4v) is 2.39. The fourth-order valence-electron chi connectivity index (χ4n) is 2.39. The highest BCUT2D eigenvalue weighted by Crippen LogP contribution is 2.25. The third-order valence-electron chi connectivity index (χ3n) is 3.36. The zero-order valence-corrected chi connectivity index (χ0v) is 9.39. The SMILES string of the molecule is CCN1CCC(CC2OCC(CO)O2)C1. The number of aliphatic hydroxyl groups excluding tert-OH is 1. The summed E-state index contributed by atoms with van der Waals surface area (Å²) in [5.41, 5.74) is 0. The van der Waals surface area contributed by atoms with Crippen LogP contribution >= 0.6 is 0 Å². The monoisotopic (exact) mass is 215 g/mol. The van der Waals surface area contributed by atoms with Gasteiger partial charge in [0.1, 0.15) is 6.10 Å². The van der Waals surface area contributed by atoms with E-state index >= 15 is 0 Å². The van der Waals surface area contributed by atoms with Crippen molar-refractivity contribution in [1.29, 1.82) is 0 Å². The van der Waals surface area contributed by atoms with Gasteiger partial charge >= 0.3 is 0 Å². The molecule has 88 valence electrons. The van der Waals surface area contributed by atoms with Crippen LogP contribution in [0.2, 0.25) is 0 Å². The van der Waals surface area contributed by atoms with Crippen LogP contribution in [0.5, 0.6) is 0 Å². The van der Waals surface area contributed by atoms with Crippen molar-refractivity contribution in [3.63, 3.8) is 0 Å². The van der Waals surface area contributed by atoms with Gasteiger partial charge in [0.05, 0.1) is 13.2 Å². The van der Waals surface area contributed by atoms with Gasteiger partial charge in [-0.25, -0.2) is 0 Å². The van der Waals surface area contributed by atoms with E-state index < -0.39 is 0 Å². The van der Waals surface area contributed by atoms with E-state index in [0.717, 1.165) is 13.0 Å². The molecule has 3 atom stereocenters. The Labute approximate surface area is 91.2 Å². The van der Waals surface area contributed by atoms with Crippen LogP contribution in [0.3, 0.4) is 0 Å². The Morgan fingerprint density at radius 1 is 1.47 bits per heavy atom. The summed E-state index contributed by atoms with van der Waals surface area (Å²) in [6.07, 6.45) is 2.05. The number of ether oxygens (including phenoxy) is 2. The van der Waals surface area contributed by atoms with E-state index in [2.05, 4.69) is 11.8 Å². The molecule has 2 aliphatic rings. The minimum Gasteiger partial charge on any atom is -0.394 e. The first-order valence-electron chi connectivity index (χ1n) is 5.92. The maximum absolute atomic E-state index is 8.91. The van der Waals surface area contributed by atoms with Crippen LogP contribution in [0.25, 0.3) is 0 Å². The Bertz CT molecular complexity index is 180. The minimum atomic E-state index is -0.0984. The molecule has 0 aromatic heterocycles. The molecular formula is C11H21NO3. The number of rotatable bonds is 4. The zero-order chi connectivity index (χ0) is 10.7. The summed E-state index contributed by atoms with van der Waals surface area (Å²) in [5.74, 6) is 0.701. The number of hydrogen-bond donors (Lipinski definition) is 1. The lowest BCUT2D eigenvalue weighted by Crippen LogP contribution is -2.22. The third-order valence-corrected chi connectivity index (χ3v) is 3.36. The zero-order valence-electron chi connectivity index (χ0n) is 9.39. The van der Waals surface area contributed by atoms with Crippen molar-refractivity contribution in [1.82, 2.24) is 4.90 Å². The normalized spacial score (nSPS) is 37.6. The molecule has 2 fully saturated rings. The van der Waals surface area contributed by atoms with Crippen molar-refractivity contribution in [3.05, 3.63) is 0 Å². The molecule has 2 saturated heterocycles. The van der Waals surface area contributed by atoms with E-state index in [0.29, 0.717) is 12.5 Å². The number of aliphatic hydroxyl groups is 1. The summed E-state index contributed by atoms with van der Waals surface area (Å²) in [6.45, 7) is 6.34. The molecule has 2 heterocycles. The van der Waals surface area contributed by atoms with Crippen LogP contribution in [0.4, 0.5) is 0 Å². The number of hydrogen-bond acceptors (Lipinski definition) is 4. The first-order valence-corrected chi connectivity index (χ1v) is 5.92. The molecule has 3 unspecified atom stereocenters. The van der Waals surface area contributed by atoms with Crippen LogP contribution in [0.1, 0.15) is 19.8 Å². The average Bonchev–Trinajstić information content (AvgIpc) is 2.87. The van der Waals surface area contributed by atoms with Gasteiger partial charge < -0.3 is 19.5 Å². The van der Waals surface area contributed by atoms with Crippen LogP contribution in [0.15, 0.2) is 0 Å². The van der Waals surface area contributed by atoms with E-state index in [4.69, 9.17) is 14.6 Å². The number of nitrogens with zero attached hydrogens (tertiary/aromatic N) is 1. The molecule has 4 nitrogen and oxygen atoms in total. The van der Waals surface area contributed by atoms with E-state index in [1.807, 2.05) is 0 Å². The quantitative estimate of drug-likeness (QED) is 0.739. The van der Waals surface area contributed by atoms with Gasteiger partial charge in [-0.3, -0.25) is 0 Å². The van der Waals surface area contributed by atoms with Crippen molar-refractivity contribution >= 4 is 0 Å². The van der Waals surface area contributed by atoms with E-state index in [9.17, 15) is 0 Å². The molecule has 0 spiro atoms. The summed E-state index contributed by atoms with van der Waals surface area (Å²) in [4.78, 5) is 2.46. The summed E-state index contributed by atoms with van der Waals surface area (Å²) in [5, 5.41) is 8.91. The summed E-state index contributed by atoms with van der Waals surface area (Å²) in [6, 6.07) is 0. The third kappa shape index (κ3) is 2.91. The predicted octanol–water partition coefficient (Wildman–Crippen LogP) is 0.452. The molecule has 0 radical (unpaired) electrons. The molecular weight excluding hydrogens is 194 g/mol. The molecule has 4 heteroatoms. The van der Waals surface area contributed by atoms with E-state index in [1.54, 1.807) is 0 Å². The highest BCUT2D eigenvalue weighted by molar-refractivity contribution is 4.77. The van der Waals surface area contributed by atoms with Crippen molar-refractivity contribution in [2.75, 3.05) is 32.8 Å². The Hall–Kier alpha value is -0.160. The minimum absolute atomic E-state index is 0.0717. The standard InChI is InChI=1S/C11H21NO3/c1-2-12-4-3-9(6-12)5-11-14-8-10(7-13)15-11/h9-11,13H,2-8H2,1H3. The largest absolute Gasteiger partial charge is 0.394 e. The predicted molar refractivity (Wildman–Crippen MR) is 56.5 cm³/mol. The molecule has 0 amide bonds. The Kier molecular flexibility index (Phi) is 3.97. The molecule has 0 saturated carbocycles. The van der Waals surface area contributed by atoms with Crippen LogP contribution < -0.4 is 0 Å². The van der Waals surface area contributed by atoms with Crippen molar-refractivity contribution in [2.24, 2.45) is 5.92 Å². The topological polar surface area (TPSA) is 41.9 Å². The maximum Gasteiger partial charge on any atom is 0.158 e. The van der Waals surface area contributed by atoms with E-state index in [-0.39, 0.29) is 19.0 Å². The molecule has 0 aromatic rings. The van der Waals surface area contributed by atoms with Crippen molar-refractivity contribution < 1.29 is 14.6 Å². The first kappa shape index (κ1) is 11.3. The average molecular weight is 215 g/mol. The smallest absolute Gasteiger partial charge is 0.158 e. The molecule has 1 N–H and O–H groups in total. The molecule has 0 aromatic carbocycles. The lowest BCUT2D eigenvalue weighted by molar-refractivity contribution is -0.0770. The van der Waals surface area contributed by atoms with Crippen molar-refractivity contribution in [2.45, 2.75) is 32.2 Å². The molecule has 15 heavy (non-hydrogen) atoms. The summed E-state index contributed by atoms with van der Waals surface area (Å²) in [7, 11) is 0. The van der Waals surface area contributed by atoms with Crippen molar-refractivity contribution in [3.8, 4) is 0 Å². The Morgan fingerprint density at radius 3 is 2.93 bits per heavy atom. The fraction of sp³-hybridized carbons (Fsp3) is 1.00. The molecule has 0 aliphatic carbocycles. The second kappa shape index (κ2) is 5.25. The van der Waals surface area contributed by atoms with Gasteiger partial charge in [-0.05, 0) is 25.4 Å². The first-order chi connectivity index (χ1) is 7.31. The Balaban J connectivity index is 1.70. The highest BCUT2D eigenvalue weighted by atomic mass is 16.7. The number of likely N-dealkylation sites (tertiary alicyclic amines) is 1. The lowest BCUT2D eigenvalue weighted by Gasteiger charge is -2.16. The molecule has 2 rings (SSSR count). The summed E-state index contributed by atoms with van der Waals surface area (Å²) >= 11 is 0. The van der Waals surface area contributed by atoms with E-state index in [1.165, 1.54) is 19.5 Å². The molecule has 0 bridgehead atoms. The van der Waals surface area contributed by atoms with Gasteiger partial charge in [-0.2, -0.15) is 0 Å². The van der Waals surface area contributed by atoms with Gasteiger partial charge in [0.2, 0.25) is 0 Å². The highest BCUT2D eigenvalue weighted by Gasteiger charge is 2.30. The lowest BCUT2D eigenvalue weighted by atomic mass is 10.1. The van der Waals surface area contributed by atoms with Gasteiger partial charge in [0, 0.05) is 13.0 Å². The second-order valence-electron chi connectivity index (χ2n) is 4.49. The van der Waals surface area contributed by atoms with Gasteiger partial charge in [-0.1, -0.05) is 6.92 Å². The maximum atomic E-state index is 8.91. The van der Waals surface area contributed by atoms with Crippen LogP contribution in [-0.2, 0) is 9.47 Å². The van der Waals surface area contributed by atoms with Crippen LogP contribution in [-0.4, -0.2) is 55.2 Å². The van der Waals surface area contributed by atoms with Gasteiger partial charge in [0.15, 0.2) is 6.29 Å². The Morgan fingerprint density at radius 2 is 2.33 bits per heavy atom. The second-order valence-corrected chi connectivity index (χ2v) is 4.49. The van der Waals surface area contributed by atoms with Crippen LogP contribution in [0, 0.1) is 5.92 Å². The molecule has 2 aliphatic heterocycles. The van der Waals surface area contributed by atoms with Gasteiger partial charge in [-0.15, -0.1) is 0 Å². The summed E-state index contributed by atoms with van der Waals surface area (Å²) < 4.78 is 11.0.